The molecule has 0 unspecified atom stereocenters. The minimum absolute atomic E-state index is 0.592. The molecule has 0 aliphatic rings. The number of para-hydroxylation sites is 2. The van der Waals surface area contributed by atoms with Crippen molar-refractivity contribution >= 4 is 33.9 Å². The molecule has 0 aliphatic carbocycles. The highest BCUT2D eigenvalue weighted by molar-refractivity contribution is 5.85. The number of nitrogens with one attached hydrogen (secondary N) is 1. The maximum Gasteiger partial charge on any atom is 0.157 e. The smallest absolute Gasteiger partial charge is 0.157 e. The minimum atomic E-state index is 0.592. The van der Waals surface area contributed by atoms with Crippen LogP contribution in [0.1, 0.15) is 11.1 Å². The topological polar surface area (TPSA) is 79.1 Å². The van der Waals surface area contributed by atoms with Crippen LogP contribution < -0.4 is 11.1 Å². The standard InChI is InChI=1S/C19H15N5/c1-12-10-18(22-14-8-6-13(21)7-9-14)24-17-5-3-2-4-16(17)23-19(24)15(12)11-20/h2-10,22H,21H2,1H3. The number of aryl methyl sites for hydroxylation is 1. The number of benzene rings is 2. The van der Waals surface area contributed by atoms with Crippen LogP contribution in [0, 0.1) is 18.3 Å². The molecule has 2 aromatic heterocycles. The molecular formula is C19H15N5. The van der Waals surface area contributed by atoms with E-state index in [-0.39, 0.29) is 0 Å². The summed E-state index contributed by atoms with van der Waals surface area (Å²) >= 11 is 0. The molecule has 0 radical (unpaired) electrons. The van der Waals surface area contributed by atoms with Gasteiger partial charge >= 0.3 is 0 Å². The molecule has 0 amide bonds. The van der Waals surface area contributed by atoms with Crippen LogP contribution in [-0.4, -0.2) is 9.38 Å². The summed E-state index contributed by atoms with van der Waals surface area (Å²) in [7, 11) is 0. The highest BCUT2D eigenvalue weighted by Crippen LogP contribution is 2.28. The molecule has 4 aromatic rings. The Morgan fingerprint density at radius 2 is 1.88 bits per heavy atom. The van der Waals surface area contributed by atoms with E-state index >= 15 is 0 Å². The Hall–Kier alpha value is -3.52. The molecule has 2 aromatic carbocycles. The summed E-state index contributed by atoms with van der Waals surface area (Å²) in [6.07, 6.45) is 0. The van der Waals surface area contributed by atoms with Gasteiger partial charge in [-0.2, -0.15) is 5.26 Å². The molecule has 5 heteroatoms. The first-order chi connectivity index (χ1) is 11.7. The third kappa shape index (κ3) is 2.13. The van der Waals surface area contributed by atoms with Crippen molar-refractivity contribution in [1.29, 1.82) is 5.26 Å². The fraction of sp³-hybridized carbons (Fsp3) is 0.0526. The van der Waals surface area contributed by atoms with Gasteiger partial charge in [0.25, 0.3) is 0 Å². The molecule has 0 bridgehead atoms. The highest BCUT2D eigenvalue weighted by atomic mass is 15.1. The second-order valence-electron chi connectivity index (χ2n) is 5.71. The monoisotopic (exact) mass is 313 g/mol. The van der Waals surface area contributed by atoms with Crippen molar-refractivity contribution < 1.29 is 0 Å². The number of nitriles is 1. The summed E-state index contributed by atoms with van der Waals surface area (Å²) in [5.41, 5.74) is 11.4. The number of hydrogen-bond acceptors (Lipinski definition) is 4. The quantitative estimate of drug-likeness (QED) is 0.548. The molecule has 0 fully saturated rings. The first-order valence-corrected chi connectivity index (χ1v) is 7.61. The van der Waals surface area contributed by atoms with Gasteiger partial charge in [-0.25, -0.2) is 4.98 Å². The first-order valence-electron chi connectivity index (χ1n) is 7.61. The van der Waals surface area contributed by atoms with E-state index in [1.165, 1.54) is 0 Å². The van der Waals surface area contributed by atoms with E-state index in [9.17, 15) is 5.26 Å². The van der Waals surface area contributed by atoms with E-state index in [4.69, 9.17) is 5.73 Å². The summed E-state index contributed by atoms with van der Waals surface area (Å²) in [6.45, 7) is 1.92. The lowest BCUT2D eigenvalue weighted by Crippen LogP contribution is -2.02. The molecule has 3 N–H and O–H groups in total. The number of anilines is 3. The van der Waals surface area contributed by atoms with Crippen molar-refractivity contribution in [2.45, 2.75) is 6.92 Å². The van der Waals surface area contributed by atoms with Gasteiger partial charge in [0.2, 0.25) is 0 Å². The van der Waals surface area contributed by atoms with E-state index in [0.29, 0.717) is 11.2 Å². The predicted octanol–water partition coefficient (Wildman–Crippen LogP) is 3.99. The molecule has 2 heterocycles. The van der Waals surface area contributed by atoms with Gasteiger partial charge in [0, 0.05) is 11.4 Å². The van der Waals surface area contributed by atoms with Crippen LogP contribution in [0.3, 0.4) is 0 Å². The Kier molecular flexibility index (Phi) is 3.10. The lowest BCUT2D eigenvalue weighted by atomic mass is 10.1. The number of nitrogen functional groups attached to an aromatic ring is 1. The lowest BCUT2D eigenvalue weighted by molar-refractivity contribution is 1.19. The Balaban J connectivity index is 2.01. The Morgan fingerprint density at radius 3 is 2.62 bits per heavy atom. The minimum Gasteiger partial charge on any atom is -0.399 e. The van der Waals surface area contributed by atoms with E-state index in [0.717, 1.165) is 33.8 Å². The maximum absolute atomic E-state index is 9.52. The summed E-state index contributed by atoms with van der Waals surface area (Å²) in [5.74, 6) is 0.861. The number of hydrogen-bond donors (Lipinski definition) is 2. The van der Waals surface area contributed by atoms with Gasteiger partial charge in [0.05, 0.1) is 16.6 Å². The van der Waals surface area contributed by atoms with Crippen molar-refractivity contribution in [3.63, 3.8) is 0 Å². The van der Waals surface area contributed by atoms with Gasteiger partial charge < -0.3 is 11.1 Å². The van der Waals surface area contributed by atoms with E-state index in [1.54, 1.807) is 0 Å². The Labute approximate surface area is 139 Å². The van der Waals surface area contributed by atoms with Crippen LogP contribution in [0.2, 0.25) is 0 Å². The van der Waals surface area contributed by atoms with Gasteiger partial charge in [0.1, 0.15) is 11.9 Å². The van der Waals surface area contributed by atoms with Crippen LogP contribution in [-0.2, 0) is 0 Å². The molecule has 0 spiro atoms. The SMILES string of the molecule is Cc1cc(Nc2ccc(N)cc2)n2c(nc3ccccc32)c1C#N. The fourth-order valence-corrected chi connectivity index (χ4v) is 2.90. The summed E-state index contributed by atoms with van der Waals surface area (Å²) < 4.78 is 1.98. The zero-order valence-electron chi connectivity index (χ0n) is 13.1. The normalized spacial score (nSPS) is 10.8. The molecule has 116 valence electrons. The van der Waals surface area contributed by atoms with Crippen LogP contribution >= 0.6 is 0 Å². The van der Waals surface area contributed by atoms with Crippen molar-refractivity contribution in [2.75, 3.05) is 11.1 Å². The lowest BCUT2D eigenvalue weighted by Gasteiger charge is -2.12. The average Bonchev–Trinajstić information content (AvgIpc) is 2.96. The van der Waals surface area contributed by atoms with Crippen molar-refractivity contribution in [3.8, 4) is 6.07 Å². The molecular weight excluding hydrogens is 298 g/mol. The number of fused-ring (bicyclic) bond motifs is 3. The van der Waals surface area contributed by atoms with E-state index in [1.807, 2.05) is 65.9 Å². The predicted molar refractivity (Wildman–Crippen MR) is 96.3 cm³/mol. The zero-order valence-corrected chi connectivity index (χ0v) is 13.1. The number of pyridine rings is 1. The number of imidazole rings is 1. The molecule has 0 atom stereocenters. The van der Waals surface area contributed by atoms with Crippen LogP contribution in [0.4, 0.5) is 17.2 Å². The first kappa shape index (κ1) is 14.1. The molecule has 0 saturated heterocycles. The fourth-order valence-electron chi connectivity index (χ4n) is 2.90. The summed E-state index contributed by atoms with van der Waals surface area (Å²) in [6, 6.07) is 19.6. The molecule has 0 saturated carbocycles. The van der Waals surface area contributed by atoms with Gasteiger partial charge in [-0.3, -0.25) is 4.40 Å². The van der Waals surface area contributed by atoms with Crippen molar-refractivity contribution in [1.82, 2.24) is 9.38 Å². The van der Waals surface area contributed by atoms with Gasteiger partial charge in [-0.15, -0.1) is 0 Å². The van der Waals surface area contributed by atoms with Gasteiger partial charge in [0.15, 0.2) is 5.65 Å². The number of rotatable bonds is 2. The summed E-state index contributed by atoms with van der Waals surface area (Å²) in [5, 5.41) is 12.9. The largest absolute Gasteiger partial charge is 0.399 e. The Bertz CT molecular complexity index is 1100. The molecule has 0 aliphatic heterocycles. The second-order valence-corrected chi connectivity index (χ2v) is 5.71. The van der Waals surface area contributed by atoms with Crippen molar-refractivity contribution in [2.24, 2.45) is 0 Å². The van der Waals surface area contributed by atoms with Crippen molar-refractivity contribution in [3.05, 3.63) is 65.7 Å². The number of aromatic nitrogens is 2. The number of nitrogens with zero attached hydrogens (tertiary/aromatic N) is 3. The number of nitrogens with two attached hydrogens (primary N) is 1. The van der Waals surface area contributed by atoms with E-state index < -0.39 is 0 Å². The molecule has 4 rings (SSSR count). The van der Waals surface area contributed by atoms with Gasteiger partial charge in [-0.1, -0.05) is 12.1 Å². The molecule has 5 nitrogen and oxygen atoms in total. The van der Waals surface area contributed by atoms with Crippen LogP contribution in [0.15, 0.2) is 54.6 Å². The zero-order chi connectivity index (χ0) is 16.7. The Morgan fingerprint density at radius 1 is 1.12 bits per heavy atom. The third-order valence-corrected chi connectivity index (χ3v) is 4.07. The maximum atomic E-state index is 9.52. The van der Waals surface area contributed by atoms with Crippen LogP contribution in [0.25, 0.3) is 16.7 Å². The van der Waals surface area contributed by atoms with Gasteiger partial charge in [-0.05, 0) is 55.0 Å². The second kappa shape index (κ2) is 5.28. The highest BCUT2D eigenvalue weighted by Gasteiger charge is 2.14. The average molecular weight is 313 g/mol. The third-order valence-electron chi connectivity index (χ3n) is 4.07. The summed E-state index contributed by atoms with van der Waals surface area (Å²) in [4.78, 5) is 4.64. The van der Waals surface area contributed by atoms with Crippen LogP contribution in [0.5, 0.6) is 0 Å². The van der Waals surface area contributed by atoms with E-state index in [2.05, 4.69) is 16.4 Å². The molecule has 24 heavy (non-hydrogen) atoms.